The van der Waals surface area contributed by atoms with Crippen molar-refractivity contribution < 1.29 is 0 Å². The summed E-state index contributed by atoms with van der Waals surface area (Å²) in [5.74, 6) is 0.674. The first-order valence-electron chi connectivity index (χ1n) is 6.31. The lowest BCUT2D eigenvalue weighted by Gasteiger charge is -2.26. The molecule has 0 aliphatic carbocycles. The first kappa shape index (κ1) is 11.7. The number of thiazole rings is 1. The van der Waals surface area contributed by atoms with Crippen LogP contribution in [0.3, 0.4) is 0 Å². The molecule has 1 aliphatic rings. The molecule has 0 fully saturated rings. The Bertz CT molecular complexity index is 496. The molecule has 1 aliphatic heterocycles. The van der Waals surface area contributed by atoms with E-state index in [0.29, 0.717) is 5.92 Å². The number of aromatic nitrogens is 1. The second-order valence-electron chi connectivity index (χ2n) is 4.71. The van der Waals surface area contributed by atoms with Crippen molar-refractivity contribution in [3.63, 3.8) is 0 Å². The fourth-order valence-electron chi connectivity index (χ4n) is 2.38. The average molecular weight is 259 g/mol. The molecule has 1 atom stereocenters. The largest absolute Gasteiger partial charge is 0.384 e. The maximum absolute atomic E-state index is 4.08. The second-order valence-corrected chi connectivity index (χ2v) is 5.68. The van der Waals surface area contributed by atoms with Crippen molar-refractivity contribution in [2.45, 2.75) is 13.0 Å². The lowest BCUT2D eigenvalue weighted by molar-refractivity contribution is 0.484. The van der Waals surface area contributed by atoms with Crippen LogP contribution < -0.4 is 10.6 Å². The first-order chi connectivity index (χ1) is 8.92. The SMILES string of the molecule is c1ccc2c(c1)CC(CNCc1cncs1)CN2. The third kappa shape index (κ3) is 2.71. The van der Waals surface area contributed by atoms with Crippen molar-refractivity contribution in [3.8, 4) is 0 Å². The molecule has 18 heavy (non-hydrogen) atoms. The molecule has 2 aromatic rings. The van der Waals surface area contributed by atoms with Crippen LogP contribution in [-0.2, 0) is 13.0 Å². The van der Waals surface area contributed by atoms with Gasteiger partial charge in [-0.3, -0.25) is 4.98 Å². The summed E-state index contributed by atoms with van der Waals surface area (Å²) in [6, 6.07) is 8.59. The predicted molar refractivity (Wildman–Crippen MR) is 75.9 cm³/mol. The van der Waals surface area contributed by atoms with E-state index in [1.54, 1.807) is 11.3 Å². The zero-order valence-electron chi connectivity index (χ0n) is 10.2. The predicted octanol–water partition coefficient (Wildman–Crippen LogP) is 2.52. The maximum Gasteiger partial charge on any atom is 0.0794 e. The molecule has 0 bridgehead atoms. The highest BCUT2D eigenvalue weighted by atomic mass is 32.1. The number of fused-ring (bicyclic) bond motifs is 1. The van der Waals surface area contributed by atoms with Gasteiger partial charge in [0.15, 0.2) is 0 Å². The Morgan fingerprint density at radius 2 is 2.33 bits per heavy atom. The standard InChI is InChI=1S/C14H17N3S/c1-2-4-14-12(3-1)5-11(7-17-14)6-15-8-13-9-16-10-18-13/h1-4,9-11,15,17H,5-8H2. The number of rotatable bonds is 4. The van der Waals surface area contributed by atoms with Crippen LogP contribution >= 0.6 is 11.3 Å². The number of nitrogens with one attached hydrogen (secondary N) is 2. The summed E-state index contributed by atoms with van der Waals surface area (Å²) in [7, 11) is 0. The van der Waals surface area contributed by atoms with E-state index < -0.39 is 0 Å². The van der Waals surface area contributed by atoms with Crippen LogP contribution in [0.15, 0.2) is 36.0 Å². The number of benzene rings is 1. The van der Waals surface area contributed by atoms with Gasteiger partial charge in [0.1, 0.15) is 0 Å². The summed E-state index contributed by atoms with van der Waals surface area (Å²) < 4.78 is 0. The van der Waals surface area contributed by atoms with Gasteiger partial charge in [0, 0.05) is 36.4 Å². The quantitative estimate of drug-likeness (QED) is 0.886. The molecule has 94 valence electrons. The van der Waals surface area contributed by atoms with Gasteiger partial charge >= 0.3 is 0 Å². The van der Waals surface area contributed by atoms with Gasteiger partial charge in [-0.25, -0.2) is 0 Å². The summed E-state index contributed by atoms with van der Waals surface area (Å²) in [6.07, 6.45) is 3.10. The van der Waals surface area contributed by atoms with Crippen molar-refractivity contribution in [2.24, 2.45) is 5.92 Å². The van der Waals surface area contributed by atoms with E-state index >= 15 is 0 Å². The van der Waals surface area contributed by atoms with Crippen molar-refractivity contribution in [3.05, 3.63) is 46.4 Å². The summed E-state index contributed by atoms with van der Waals surface area (Å²) in [4.78, 5) is 5.39. The van der Waals surface area contributed by atoms with Gasteiger partial charge in [0.25, 0.3) is 0 Å². The van der Waals surface area contributed by atoms with Crippen LogP contribution in [0, 0.1) is 5.92 Å². The molecule has 2 N–H and O–H groups in total. The molecule has 0 spiro atoms. The molecular formula is C14H17N3S. The number of anilines is 1. The molecular weight excluding hydrogens is 242 g/mol. The van der Waals surface area contributed by atoms with Crippen LogP contribution in [-0.4, -0.2) is 18.1 Å². The highest BCUT2D eigenvalue weighted by molar-refractivity contribution is 7.09. The lowest BCUT2D eigenvalue weighted by atomic mass is 9.94. The van der Waals surface area contributed by atoms with E-state index in [4.69, 9.17) is 0 Å². The van der Waals surface area contributed by atoms with Crippen molar-refractivity contribution in [1.29, 1.82) is 0 Å². The fourth-order valence-corrected chi connectivity index (χ4v) is 2.95. The van der Waals surface area contributed by atoms with Crippen LogP contribution in [0.5, 0.6) is 0 Å². The molecule has 4 heteroatoms. The Kier molecular flexibility index (Phi) is 3.57. The van der Waals surface area contributed by atoms with Crippen molar-refractivity contribution in [1.82, 2.24) is 10.3 Å². The van der Waals surface area contributed by atoms with Gasteiger partial charge in [-0.15, -0.1) is 11.3 Å². The zero-order valence-corrected chi connectivity index (χ0v) is 11.0. The normalized spacial score (nSPS) is 18.1. The van der Waals surface area contributed by atoms with E-state index in [0.717, 1.165) is 19.6 Å². The summed E-state index contributed by atoms with van der Waals surface area (Å²) in [5.41, 5.74) is 4.62. The van der Waals surface area contributed by atoms with E-state index in [1.165, 1.54) is 22.5 Å². The Morgan fingerprint density at radius 1 is 1.39 bits per heavy atom. The number of para-hydroxylation sites is 1. The van der Waals surface area contributed by atoms with E-state index in [9.17, 15) is 0 Å². The molecule has 2 heterocycles. The van der Waals surface area contributed by atoms with Gasteiger partial charge in [0.05, 0.1) is 5.51 Å². The fraction of sp³-hybridized carbons (Fsp3) is 0.357. The Balaban J connectivity index is 1.51. The Morgan fingerprint density at radius 3 is 3.22 bits per heavy atom. The van der Waals surface area contributed by atoms with E-state index in [1.807, 2.05) is 11.7 Å². The number of hydrogen-bond acceptors (Lipinski definition) is 4. The van der Waals surface area contributed by atoms with Crippen LogP contribution in [0.1, 0.15) is 10.4 Å². The lowest BCUT2D eigenvalue weighted by Crippen LogP contribution is -2.32. The average Bonchev–Trinajstić information content (AvgIpc) is 2.92. The number of nitrogens with zero attached hydrogens (tertiary/aromatic N) is 1. The first-order valence-corrected chi connectivity index (χ1v) is 7.19. The molecule has 3 rings (SSSR count). The molecule has 3 nitrogen and oxygen atoms in total. The van der Waals surface area contributed by atoms with Gasteiger partial charge in [-0.2, -0.15) is 0 Å². The van der Waals surface area contributed by atoms with E-state index in [-0.39, 0.29) is 0 Å². The number of hydrogen-bond donors (Lipinski definition) is 2. The van der Waals surface area contributed by atoms with Gasteiger partial charge in [-0.1, -0.05) is 18.2 Å². The van der Waals surface area contributed by atoms with Crippen molar-refractivity contribution >= 4 is 17.0 Å². The Labute approximate surface area is 111 Å². The molecule has 0 saturated carbocycles. The zero-order chi connectivity index (χ0) is 12.2. The highest BCUT2D eigenvalue weighted by Gasteiger charge is 2.17. The molecule has 0 saturated heterocycles. The molecule has 1 unspecified atom stereocenters. The summed E-state index contributed by atoms with van der Waals surface area (Å²) in [6.45, 7) is 3.05. The second kappa shape index (κ2) is 5.50. The minimum Gasteiger partial charge on any atom is -0.384 e. The third-order valence-electron chi connectivity index (χ3n) is 3.32. The molecule has 1 aromatic carbocycles. The highest BCUT2D eigenvalue weighted by Crippen LogP contribution is 2.23. The monoisotopic (exact) mass is 259 g/mol. The molecule has 0 radical (unpaired) electrons. The van der Waals surface area contributed by atoms with Crippen LogP contribution in [0.2, 0.25) is 0 Å². The molecule has 0 amide bonds. The smallest absolute Gasteiger partial charge is 0.0794 e. The van der Waals surface area contributed by atoms with Gasteiger partial charge < -0.3 is 10.6 Å². The van der Waals surface area contributed by atoms with Crippen LogP contribution in [0.4, 0.5) is 5.69 Å². The third-order valence-corrected chi connectivity index (χ3v) is 4.10. The Hall–Kier alpha value is -1.39. The maximum atomic E-state index is 4.08. The van der Waals surface area contributed by atoms with Gasteiger partial charge in [-0.05, 0) is 24.0 Å². The molecule has 1 aromatic heterocycles. The summed E-state index contributed by atoms with van der Waals surface area (Å²) >= 11 is 1.71. The van der Waals surface area contributed by atoms with Crippen LogP contribution in [0.25, 0.3) is 0 Å². The van der Waals surface area contributed by atoms with E-state index in [2.05, 4.69) is 39.9 Å². The summed E-state index contributed by atoms with van der Waals surface area (Å²) in [5, 5.41) is 7.03. The topological polar surface area (TPSA) is 37.0 Å². The minimum atomic E-state index is 0.674. The van der Waals surface area contributed by atoms with Gasteiger partial charge in [0.2, 0.25) is 0 Å². The van der Waals surface area contributed by atoms with Crippen molar-refractivity contribution in [2.75, 3.05) is 18.4 Å². The minimum absolute atomic E-state index is 0.674.